The highest BCUT2D eigenvalue weighted by molar-refractivity contribution is 7.92. The largest absolute Gasteiger partial charge is 0.497 e. The monoisotopic (exact) mass is 470 g/mol. The lowest BCUT2D eigenvalue weighted by Gasteiger charge is -2.11. The molecule has 174 valence electrons. The molecular weight excluding hydrogens is 444 g/mol. The van der Waals surface area contributed by atoms with Crippen molar-refractivity contribution in [3.8, 4) is 17.2 Å². The van der Waals surface area contributed by atoms with Crippen LogP contribution in [-0.2, 0) is 10.0 Å². The van der Waals surface area contributed by atoms with Crippen LogP contribution >= 0.6 is 0 Å². The summed E-state index contributed by atoms with van der Waals surface area (Å²) in [5.41, 5.74) is 0.609. The van der Waals surface area contributed by atoms with E-state index in [1.807, 2.05) is 6.92 Å². The molecule has 8 nitrogen and oxygen atoms in total. The molecule has 2 N–H and O–H groups in total. The van der Waals surface area contributed by atoms with E-state index in [0.717, 1.165) is 5.75 Å². The van der Waals surface area contributed by atoms with Crippen LogP contribution in [0.3, 0.4) is 0 Å². The van der Waals surface area contributed by atoms with Gasteiger partial charge in [-0.05, 0) is 73.7 Å². The predicted octanol–water partition coefficient (Wildman–Crippen LogP) is 3.70. The normalized spacial score (nSPS) is 10.8. The Labute approximate surface area is 193 Å². The van der Waals surface area contributed by atoms with Crippen molar-refractivity contribution in [2.45, 2.75) is 11.8 Å². The summed E-state index contributed by atoms with van der Waals surface area (Å²) in [6.45, 7) is 2.91. The first-order valence-corrected chi connectivity index (χ1v) is 11.8. The first-order valence-electron chi connectivity index (χ1n) is 10.3. The van der Waals surface area contributed by atoms with Crippen LogP contribution in [0, 0.1) is 0 Å². The summed E-state index contributed by atoms with van der Waals surface area (Å²) >= 11 is 0. The number of sulfonamides is 1. The van der Waals surface area contributed by atoms with E-state index in [-0.39, 0.29) is 29.6 Å². The lowest BCUT2D eigenvalue weighted by molar-refractivity contribution is 0.0947. The van der Waals surface area contributed by atoms with Crippen LogP contribution in [-0.4, -0.2) is 41.2 Å². The van der Waals surface area contributed by atoms with Crippen LogP contribution < -0.4 is 24.2 Å². The molecule has 0 aliphatic heterocycles. The molecule has 3 aromatic rings. The smallest absolute Gasteiger partial charge is 0.261 e. The summed E-state index contributed by atoms with van der Waals surface area (Å²) < 4.78 is 43.8. The zero-order valence-electron chi connectivity index (χ0n) is 18.4. The van der Waals surface area contributed by atoms with Crippen LogP contribution in [0.2, 0.25) is 0 Å². The van der Waals surface area contributed by atoms with Crippen LogP contribution in [0.5, 0.6) is 17.2 Å². The Kier molecular flexibility index (Phi) is 8.15. The Balaban J connectivity index is 1.55. The summed E-state index contributed by atoms with van der Waals surface area (Å²) in [5.74, 6) is 1.64. The van der Waals surface area contributed by atoms with Gasteiger partial charge < -0.3 is 19.5 Å². The topological polar surface area (TPSA) is 103 Å². The summed E-state index contributed by atoms with van der Waals surface area (Å²) in [7, 11) is -2.22. The van der Waals surface area contributed by atoms with E-state index in [1.54, 1.807) is 61.7 Å². The SMILES string of the molecule is CCOc1ccc(S(=O)(=O)Nc2cccc(C(=O)NCCOc3ccc(OC)cc3)c2)cc1. The van der Waals surface area contributed by atoms with Crippen molar-refractivity contribution >= 4 is 21.6 Å². The second-order valence-electron chi connectivity index (χ2n) is 6.87. The molecule has 9 heteroatoms. The number of anilines is 1. The van der Waals surface area contributed by atoms with Gasteiger partial charge in [0.1, 0.15) is 23.9 Å². The molecule has 0 saturated heterocycles. The molecule has 0 aliphatic carbocycles. The third kappa shape index (κ3) is 6.88. The number of hydrogen-bond donors (Lipinski definition) is 2. The zero-order chi connectivity index (χ0) is 23.7. The third-order valence-corrected chi connectivity index (χ3v) is 5.93. The average molecular weight is 471 g/mol. The minimum absolute atomic E-state index is 0.0940. The third-order valence-electron chi connectivity index (χ3n) is 4.54. The molecule has 0 aliphatic rings. The van der Waals surface area contributed by atoms with E-state index in [4.69, 9.17) is 14.2 Å². The van der Waals surface area contributed by atoms with Gasteiger partial charge in [-0.15, -0.1) is 0 Å². The van der Waals surface area contributed by atoms with Crippen LogP contribution in [0.1, 0.15) is 17.3 Å². The molecule has 1 amide bonds. The fraction of sp³-hybridized carbons (Fsp3) is 0.208. The molecule has 0 fully saturated rings. The Morgan fingerprint density at radius 1 is 0.879 bits per heavy atom. The van der Waals surface area contributed by atoms with Crippen molar-refractivity contribution in [3.05, 3.63) is 78.4 Å². The highest BCUT2D eigenvalue weighted by atomic mass is 32.2. The minimum Gasteiger partial charge on any atom is -0.497 e. The van der Waals surface area contributed by atoms with Gasteiger partial charge in [-0.3, -0.25) is 9.52 Å². The highest BCUT2D eigenvalue weighted by Gasteiger charge is 2.15. The van der Waals surface area contributed by atoms with Gasteiger partial charge in [-0.2, -0.15) is 0 Å². The van der Waals surface area contributed by atoms with Gasteiger partial charge in [0, 0.05) is 11.3 Å². The number of ether oxygens (including phenoxy) is 3. The molecule has 0 aromatic heterocycles. The lowest BCUT2D eigenvalue weighted by atomic mass is 10.2. The molecule has 0 unspecified atom stereocenters. The molecule has 0 saturated carbocycles. The Bertz CT molecular complexity index is 1160. The molecule has 0 radical (unpaired) electrons. The molecule has 3 aromatic carbocycles. The van der Waals surface area contributed by atoms with Crippen molar-refractivity contribution in [2.24, 2.45) is 0 Å². The second-order valence-corrected chi connectivity index (χ2v) is 8.55. The van der Waals surface area contributed by atoms with Crippen molar-refractivity contribution in [3.63, 3.8) is 0 Å². The van der Waals surface area contributed by atoms with Crippen molar-refractivity contribution < 1.29 is 27.4 Å². The van der Waals surface area contributed by atoms with E-state index in [9.17, 15) is 13.2 Å². The van der Waals surface area contributed by atoms with Crippen molar-refractivity contribution in [1.29, 1.82) is 0 Å². The number of nitrogens with one attached hydrogen (secondary N) is 2. The van der Waals surface area contributed by atoms with Gasteiger partial charge in [0.25, 0.3) is 15.9 Å². The predicted molar refractivity (Wildman–Crippen MR) is 126 cm³/mol. The standard InChI is InChI=1S/C24H26N2O6S/c1-3-31-21-11-13-23(14-12-21)33(28,29)26-19-6-4-5-18(17-19)24(27)25-15-16-32-22-9-7-20(30-2)8-10-22/h4-14,17,26H,3,15-16H2,1-2H3,(H,25,27). The van der Waals surface area contributed by atoms with E-state index in [0.29, 0.717) is 23.7 Å². The summed E-state index contributed by atoms with van der Waals surface area (Å²) in [4.78, 5) is 12.5. The summed E-state index contributed by atoms with van der Waals surface area (Å²) in [5, 5.41) is 2.75. The molecule has 3 rings (SSSR count). The number of hydrogen-bond acceptors (Lipinski definition) is 6. The fourth-order valence-electron chi connectivity index (χ4n) is 2.93. The Hall–Kier alpha value is -3.72. The summed E-state index contributed by atoms with van der Waals surface area (Å²) in [6, 6.07) is 19.5. The summed E-state index contributed by atoms with van der Waals surface area (Å²) in [6.07, 6.45) is 0. The van der Waals surface area contributed by atoms with Crippen molar-refractivity contribution in [2.75, 3.05) is 31.6 Å². The average Bonchev–Trinajstić information content (AvgIpc) is 2.82. The van der Waals surface area contributed by atoms with Crippen molar-refractivity contribution in [1.82, 2.24) is 5.32 Å². The van der Waals surface area contributed by atoms with Crippen LogP contribution in [0.25, 0.3) is 0 Å². The van der Waals surface area contributed by atoms with Gasteiger partial charge in [0.05, 0.1) is 25.2 Å². The number of methoxy groups -OCH3 is 1. The quantitative estimate of drug-likeness (QED) is 0.414. The number of amides is 1. The maximum Gasteiger partial charge on any atom is 0.261 e. The van der Waals surface area contributed by atoms with Gasteiger partial charge in [0.2, 0.25) is 0 Å². The van der Waals surface area contributed by atoms with Gasteiger partial charge in [0.15, 0.2) is 0 Å². The lowest BCUT2D eigenvalue weighted by Crippen LogP contribution is -2.28. The molecule has 33 heavy (non-hydrogen) atoms. The molecule has 0 spiro atoms. The fourth-order valence-corrected chi connectivity index (χ4v) is 3.98. The molecule has 0 atom stereocenters. The van der Waals surface area contributed by atoms with Crippen LogP contribution in [0.4, 0.5) is 5.69 Å². The van der Waals surface area contributed by atoms with Gasteiger partial charge >= 0.3 is 0 Å². The first-order chi connectivity index (χ1) is 15.9. The Morgan fingerprint density at radius 2 is 1.52 bits per heavy atom. The zero-order valence-corrected chi connectivity index (χ0v) is 19.2. The highest BCUT2D eigenvalue weighted by Crippen LogP contribution is 2.20. The number of benzene rings is 3. The van der Waals surface area contributed by atoms with E-state index >= 15 is 0 Å². The van der Waals surface area contributed by atoms with E-state index in [1.165, 1.54) is 18.2 Å². The number of rotatable bonds is 11. The molecule has 0 heterocycles. The maximum atomic E-state index is 12.7. The van der Waals surface area contributed by atoms with Crippen LogP contribution in [0.15, 0.2) is 77.7 Å². The molecular formula is C24H26N2O6S. The van der Waals surface area contributed by atoms with E-state index < -0.39 is 10.0 Å². The minimum atomic E-state index is -3.81. The first kappa shape index (κ1) is 23.9. The molecule has 0 bridgehead atoms. The van der Waals surface area contributed by atoms with Gasteiger partial charge in [-0.1, -0.05) is 6.07 Å². The van der Waals surface area contributed by atoms with E-state index in [2.05, 4.69) is 10.0 Å². The van der Waals surface area contributed by atoms with Gasteiger partial charge in [-0.25, -0.2) is 8.42 Å². The second kappa shape index (κ2) is 11.2. The Morgan fingerprint density at radius 3 is 2.18 bits per heavy atom. The number of carbonyl (C=O) groups is 1. The maximum absolute atomic E-state index is 12.7. The number of carbonyl (C=O) groups excluding carboxylic acids is 1.